The van der Waals surface area contributed by atoms with E-state index in [4.69, 9.17) is 0 Å². The maximum atomic E-state index is 12.3. The fourth-order valence-corrected chi connectivity index (χ4v) is 2.61. The van der Waals surface area contributed by atoms with Gasteiger partial charge in [0.1, 0.15) is 0 Å². The number of carbonyl (C=O) groups is 1. The summed E-state index contributed by atoms with van der Waals surface area (Å²) in [5.41, 5.74) is 0.479. The lowest BCUT2D eigenvalue weighted by molar-refractivity contribution is 0.0368. The van der Waals surface area contributed by atoms with E-state index in [2.05, 4.69) is 10.3 Å². The molecule has 1 atom stereocenters. The molecular formula is C17H22N2O2. The number of amides is 1. The van der Waals surface area contributed by atoms with E-state index in [1.807, 2.05) is 38.1 Å². The van der Waals surface area contributed by atoms with E-state index in [-0.39, 0.29) is 12.5 Å². The molecule has 1 amide bonds. The summed E-state index contributed by atoms with van der Waals surface area (Å²) in [5.74, 6) is 0.191. The summed E-state index contributed by atoms with van der Waals surface area (Å²) < 4.78 is 0. The number of pyridine rings is 1. The van der Waals surface area contributed by atoms with E-state index < -0.39 is 5.60 Å². The van der Waals surface area contributed by atoms with Gasteiger partial charge in [-0.1, -0.05) is 32.0 Å². The van der Waals surface area contributed by atoms with Crippen LogP contribution in [0.4, 0.5) is 0 Å². The highest BCUT2D eigenvalue weighted by Gasteiger charge is 2.23. The van der Waals surface area contributed by atoms with E-state index in [0.717, 1.165) is 10.9 Å². The molecule has 21 heavy (non-hydrogen) atoms. The second kappa shape index (κ2) is 6.22. The molecule has 0 spiro atoms. The largest absolute Gasteiger partial charge is 0.388 e. The minimum Gasteiger partial charge on any atom is -0.388 e. The fraction of sp³-hybridized carbons (Fsp3) is 0.412. The number of benzene rings is 1. The number of aliphatic hydroxyl groups is 1. The first-order valence-electron chi connectivity index (χ1n) is 7.23. The number of hydrogen-bond donors (Lipinski definition) is 2. The molecule has 1 unspecified atom stereocenters. The van der Waals surface area contributed by atoms with E-state index in [1.165, 1.54) is 0 Å². The molecule has 2 rings (SSSR count). The predicted octanol–water partition coefficient (Wildman–Crippen LogP) is 2.76. The van der Waals surface area contributed by atoms with Crippen molar-refractivity contribution >= 4 is 16.8 Å². The molecule has 0 bridgehead atoms. The van der Waals surface area contributed by atoms with Crippen molar-refractivity contribution in [2.45, 2.75) is 32.8 Å². The molecule has 0 saturated heterocycles. The Bertz CT molecular complexity index is 630. The minimum atomic E-state index is -0.896. The Morgan fingerprint density at radius 1 is 1.33 bits per heavy atom. The Hall–Kier alpha value is -1.94. The Morgan fingerprint density at radius 2 is 2.05 bits per heavy atom. The highest BCUT2D eigenvalue weighted by Crippen LogP contribution is 2.18. The molecule has 1 heterocycles. The van der Waals surface area contributed by atoms with Crippen LogP contribution in [0.15, 0.2) is 36.5 Å². The third-order valence-corrected chi connectivity index (χ3v) is 3.37. The maximum absolute atomic E-state index is 12.3. The first-order chi connectivity index (χ1) is 9.89. The van der Waals surface area contributed by atoms with Gasteiger partial charge >= 0.3 is 0 Å². The number of carbonyl (C=O) groups excluding carboxylic acids is 1. The van der Waals surface area contributed by atoms with Crippen LogP contribution in [0.2, 0.25) is 0 Å². The van der Waals surface area contributed by atoms with Gasteiger partial charge in [0.2, 0.25) is 0 Å². The molecule has 4 heteroatoms. The summed E-state index contributed by atoms with van der Waals surface area (Å²) in [6.07, 6.45) is 2.27. The summed E-state index contributed by atoms with van der Waals surface area (Å²) in [7, 11) is 0. The lowest BCUT2D eigenvalue weighted by Crippen LogP contribution is -2.41. The predicted molar refractivity (Wildman–Crippen MR) is 84.2 cm³/mol. The van der Waals surface area contributed by atoms with Gasteiger partial charge < -0.3 is 10.4 Å². The SMILES string of the molecule is CC(C)CC(C)(O)CNC(=O)c1ccnc2ccccc12. The average molecular weight is 286 g/mol. The first-order valence-corrected chi connectivity index (χ1v) is 7.23. The van der Waals surface area contributed by atoms with Crippen LogP contribution >= 0.6 is 0 Å². The van der Waals surface area contributed by atoms with Gasteiger partial charge in [-0.2, -0.15) is 0 Å². The number of hydrogen-bond acceptors (Lipinski definition) is 3. The van der Waals surface area contributed by atoms with Gasteiger partial charge in [-0.25, -0.2) is 0 Å². The van der Waals surface area contributed by atoms with Crippen LogP contribution in [0.5, 0.6) is 0 Å². The van der Waals surface area contributed by atoms with E-state index in [1.54, 1.807) is 19.2 Å². The number of aromatic nitrogens is 1. The molecule has 0 fully saturated rings. The number of rotatable bonds is 5. The summed E-state index contributed by atoms with van der Waals surface area (Å²) in [6, 6.07) is 9.24. The monoisotopic (exact) mass is 286 g/mol. The Labute approximate surface area is 125 Å². The van der Waals surface area contributed by atoms with Crippen molar-refractivity contribution in [1.29, 1.82) is 0 Å². The topological polar surface area (TPSA) is 62.2 Å². The van der Waals surface area contributed by atoms with Crippen LogP contribution in [-0.4, -0.2) is 28.1 Å². The third kappa shape index (κ3) is 4.02. The minimum absolute atomic E-state index is 0.183. The van der Waals surface area contributed by atoms with Crippen LogP contribution in [0.3, 0.4) is 0 Å². The average Bonchev–Trinajstić information content (AvgIpc) is 2.43. The van der Waals surface area contributed by atoms with Gasteiger partial charge in [0.15, 0.2) is 0 Å². The molecule has 0 aliphatic carbocycles. The van der Waals surface area contributed by atoms with Gasteiger partial charge in [-0.3, -0.25) is 9.78 Å². The molecule has 0 radical (unpaired) electrons. The second-order valence-corrected chi connectivity index (χ2v) is 6.15. The van der Waals surface area contributed by atoms with Crippen LogP contribution in [0.1, 0.15) is 37.6 Å². The highest BCUT2D eigenvalue weighted by molar-refractivity contribution is 6.05. The maximum Gasteiger partial charge on any atom is 0.252 e. The number of fused-ring (bicyclic) bond motifs is 1. The van der Waals surface area contributed by atoms with E-state index >= 15 is 0 Å². The summed E-state index contributed by atoms with van der Waals surface area (Å²) >= 11 is 0. The molecule has 2 aromatic rings. The lowest BCUT2D eigenvalue weighted by atomic mass is 9.94. The molecular weight excluding hydrogens is 264 g/mol. The number of nitrogens with zero attached hydrogens (tertiary/aromatic N) is 1. The molecule has 112 valence electrons. The van der Waals surface area contributed by atoms with E-state index in [0.29, 0.717) is 17.9 Å². The summed E-state index contributed by atoms with van der Waals surface area (Å²) in [4.78, 5) is 16.6. The third-order valence-electron chi connectivity index (χ3n) is 3.37. The highest BCUT2D eigenvalue weighted by atomic mass is 16.3. The fourth-order valence-electron chi connectivity index (χ4n) is 2.61. The standard InChI is InChI=1S/C17H22N2O2/c1-12(2)10-17(3,21)11-19-16(20)14-8-9-18-15-7-5-4-6-13(14)15/h4-9,12,21H,10-11H2,1-3H3,(H,19,20). The normalized spacial score (nSPS) is 14.1. The number of nitrogens with one attached hydrogen (secondary N) is 1. The van der Waals surface area contributed by atoms with Crippen LogP contribution in [-0.2, 0) is 0 Å². The van der Waals surface area contributed by atoms with Gasteiger partial charge in [0, 0.05) is 18.1 Å². The van der Waals surface area contributed by atoms with Gasteiger partial charge in [-0.15, -0.1) is 0 Å². The van der Waals surface area contributed by atoms with E-state index in [9.17, 15) is 9.90 Å². The molecule has 1 aromatic heterocycles. The molecule has 0 aliphatic heterocycles. The van der Waals surface area contributed by atoms with Crippen molar-refractivity contribution in [2.75, 3.05) is 6.54 Å². The lowest BCUT2D eigenvalue weighted by Gasteiger charge is -2.25. The van der Waals surface area contributed by atoms with Gasteiger partial charge in [0.25, 0.3) is 5.91 Å². The van der Waals surface area contributed by atoms with Crippen LogP contribution in [0.25, 0.3) is 10.9 Å². The van der Waals surface area contributed by atoms with Crippen molar-refractivity contribution in [3.05, 3.63) is 42.1 Å². The van der Waals surface area contributed by atoms with Crippen molar-refractivity contribution in [1.82, 2.24) is 10.3 Å². The molecule has 4 nitrogen and oxygen atoms in total. The second-order valence-electron chi connectivity index (χ2n) is 6.15. The van der Waals surface area contributed by atoms with Crippen LogP contribution in [0, 0.1) is 5.92 Å². The van der Waals surface area contributed by atoms with Gasteiger partial charge in [-0.05, 0) is 31.4 Å². The smallest absolute Gasteiger partial charge is 0.252 e. The summed E-state index contributed by atoms with van der Waals surface area (Å²) in [5, 5.41) is 13.9. The van der Waals surface area contributed by atoms with Crippen LogP contribution < -0.4 is 5.32 Å². The van der Waals surface area contributed by atoms with Crippen molar-refractivity contribution < 1.29 is 9.90 Å². The summed E-state index contributed by atoms with van der Waals surface area (Å²) in [6.45, 7) is 6.08. The first kappa shape index (κ1) is 15.4. The number of para-hydroxylation sites is 1. The zero-order valence-electron chi connectivity index (χ0n) is 12.8. The molecule has 0 saturated carbocycles. The Morgan fingerprint density at radius 3 is 2.76 bits per heavy atom. The zero-order chi connectivity index (χ0) is 15.5. The van der Waals surface area contributed by atoms with Crippen molar-refractivity contribution in [3.63, 3.8) is 0 Å². The quantitative estimate of drug-likeness (QED) is 0.888. The Kier molecular flexibility index (Phi) is 4.58. The van der Waals surface area contributed by atoms with Gasteiger partial charge in [0.05, 0.1) is 16.7 Å². The molecule has 1 aromatic carbocycles. The zero-order valence-corrected chi connectivity index (χ0v) is 12.8. The van der Waals surface area contributed by atoms with Crippen molar-refractivity contribution in [2.24, 2.45) is 5.92 Å². The Balaban J connectivity index is 2.13. The molecule has 2 N–H and O–H groups in total. The molecule has 0 aliphatic rings. The van der Waals surface area contributed by atoms with Crippen molar-refractivity contribution in [3.8, 4) is 0 Å².